The highest BCUT2D eigenvalue weighted by atomic mass is 35.5. The monoisotopic (exact) mass is 318 g/mol. The van der Waals surface area contributed by atoms with Crippen molar-refractivity contribution in [2.24, 2.45) is 0 Å². The van der Waals surface area contributed by atoms with Crippen molar-refractivity contribution >= 4 is 11.6 Å². The van der Waals surface area contributed by atoms with E-state index in [0.29, 0.717) is 11.4 Å². The Kier molecular flexibility index (Phi) is 3.84. The van der Waals surface area contributed by atoms with Gasteiger partial charge in [0.15, 0.2) is 5.75 Å². The molecular formula is C17H16ClFN2O. The number of para-hydroxylation sites is 1. The van der Waals surface area contributed by atoms with Crippen molar-refractivity contribution in [1.29, 1.82) is 0 Å². The molecule has 2 aromatic rings. The Bertz CT molecular complexity index is 722. The average molecular weight is 319 g/mol. The van der Waals surface area contributed by atoms with E-state index in [0.717, 1.165) is 30.5 Å². The molecule has 3 rings (SSSR count). The highest BCUT2D eigenvalue weighted by Gasteiger charge is 2.28. The largest absolute Gasteiger partial charge is 0.433 e. The van der Waals surface area contributed by atoms with E-state index in [9.17, 15) is 4.39 Å². The molecule has 114 valence electrons. The lowest BCUT2D eigenvalue weighted by atomic mass is 9.99. The van der Waals surface area contributed by atoms with E-state index in [1.807, 2.05) is 31.3 Å². The van der Waals surface area contributed by atoms with Gasteiger partial charge in [0.2, 0.25) is 0 Å². The van der Waals surface area contributed by atoms with Crippen LogP contribution in [-0.2, 0) is 12.8 Å². The van der Waals surface area contributed by atoms with E-state index in [1.54, 1.807) is 10.6 Å². The summed E-state index contributed by atoms with van der Waals surface area (Å²) in [5.74, 6) is 2.10. The van der Waals surface area contributed by atoms with Gasteiger partial charge in [0.05, 0.1) is 5.69 Å². The SMILES string of the molecule is C#CC(F)(Cl)Oc1c(C)cccc1-n1cc2c(n1)CCCC2. The first-order chi connectivity index (χ1) is 10.5. The fraction of sp³-hybridized carbons (Fsp3) is 0.353. The normalized spacial score (nSPS) is 16.5. The number of terminal acetylenes is 1. The summed E-state index contributed by atoms with van der Waals surface area (Å²) >= 11 is 5.53. The number of nitrogens with zero attached hydrogens (tertiary/aromatic N) is 2. The van der Waals surface area contributed by atoms with E-state index < -0.39 is 5.31 Å². The second kappa shape index (κ2) is 5.66. The minimum absolute atomic E-state index is 0.304. The molecular weight excluding hydrogens is 303 g/mol. The average Bonchev–Trinajstić information content (AvgIpc) is 2.93. The van der Waals surface area contributed by atoms with Crippen LogP contribution in [0.3, 0.4) is 0 Å². The number of benzene rings is 1. The predicted molar refractivity (Wildman–Crippen MR) is 84.1 cm³/mol. The molecule has 1 aliphatic carbocycles. The lowest BCUT2D eigenvalue weighted by Gasteiger charge is -2.18. The second-order valence-corrected chi connectivity index (χ2v) is 5.93. The van der Waals surface area contributed by atoms with Crippen LogP contribution in [0.2, 0.25) is 0 Å². The first-order valence-corrected chi connectivity index (χ1v) is 7.60. The third kappa shape index (κ3) is 2.82. The van der Waals surface area contributed by atoms with Gasteiger partial charge in [0, 0.05) is 6.20 Å². The van der Waals surface area contributed by atoms with Gasteiger partial charge < -0.3 is 4.74 Å². The first kappa shape index (κ1) is 14.9. The van der Waals surface area contributed by atoms with Crippen molar-refractivity contribution in [3.8, 4) is 23.8 Å². The maximum absolute atomic E-state index is 13.9. The van der Waals surface area contributed by atoms with Crippen LogP contribution in [0.5, 0.6) is 5.75 Å². The van der Waals surface area contributed by atoms with Gasteiger partial charge in [0.1, 0.15) is 5.69 Å². The van der Waals surface area contributed by atoms with Crippen molar-refractivity contribution in [3.63, 3.8) is 0 Å². The van der Waals surface area contributed by atoms with Crippen molar-refractivity contribution < 1.29 is 9.13 Å². The van der Waals surface area contributed by atoms with Gasteiger partial charge in [-0.3, -0.25) is 0 Å². The maximum Gasteiger partial charge on any atom is 0.393 e. The third-order valence-electron chi connectivity index (χ3n) is 3.82. The molecule has 1 aliphatic rings. The van der Waals surface area contributed by atoms with Crippen molar-refractivity contribution in [3.05, 3.63) is 41.2 Å². The zero-order chi connectivity index (χ0) is 15.7. The van der Waals surface area contributed by atoms with Crippen LogP contribution in [-0.4, -0.2) is 15.1 Å². The van der Waals surface area contributed by atoms with E-state index in [4.69, 9.17) is 22.8 Å². The molecule has 0 fully saturated rings. The van der Waals surface area contributed by atoms with Gasteiger partial charge in [-0.1, -0.05) is 12.1 Å². The first-order valence-electron chi connectivity index (χ1n) is 7.22. The fourth-order valence-electron chi connectivity index (χ4n) is 2.70. The lowest BCUT2D eigenvalue weighted by Crippen LogP contribution is -2.22. The minimum Gasteiger partial charge on any atom is -0.433 e. The van der Waals surface area contributed by atoms with Crippen LogP contribution in [0.4, 0.5) is 4.39 Å². The van der Waals surface area contributed by atoms with Crippen molar-refractivity contribution in [2.75, 3.05) is 0 Å². The second-order valence-electron chi connectivity index (χ2n) is 5.44. The zero-order valence-electron chi connectivity index (χ0n) is 12.3. The molecule has 1 aromatic heterocycles. The number of hydrogen-bond acceptors (Lipinski definition) is 2. The Hall–Kier alpha value is -1.99. The highest BCUT2D eigenvalue weighted by Crippen LogP contribution is 2.33. The summed E-state index contributed by atoms with van der Waals surface area (Å²) in [5.41, 5.74) is 3.69. The van der Waals surface area contributed by atoms with Gasteiger partial charge in [-0.15, -0.1) is 6.42 Å². The van der Waals surface area contributed by atoms with E-state index in [2.05, 4.69) is 5.10 Å². The van der Waals surface area contributed by atoms with Crippen LogP contribution >= 0.6 is 11.6 Å². The Labute approximate surface area is 134 Å². The maximum atomic E-state index is 13.9. The zero-order valence-corrected chi connectivity index (χ0v) is 13.0. The number of hydrogen-bond donors (Lipinski definition) is 0. The number of ether oxygens (including phenoxy) is 1. The fourth-order valence-corrected chi connectivity index (χ4v) is 2.78. The van der Waals surface area contributed by atoms with Crippen LogP contribution in [0.25, 0.3) is 5.69 Å². The molecule has 5 heteroatoms. The van der Waals surface area contributed by atoms with Crippen molar-refractivity contribution in [1.82, 2.24) is 9.78 Å². The molecule has 0 aliphatic heterocycles. The molecule has 0 N–H and O–H groups in total. The van der Waals surface area contributed by atoms with E-state index in [-0.39, 0.29) is 0 Å². The molecule has 1 heterocycles. The molecule has 0 spiro atoms. The van der Waals surface area contributed by atoms with Crippen molar-refractivity contribution in [2.45, 2.75) is 37.9 Å². The summed E-state index contributed by atoms with van der Waals surface area (Å²) in [7, 11) is 0. The summed E-state index contributed by atoms with van der Waals surface area (Å²) < 4.78 is 20.8. The van der Waals surface area contributed by atoms with Gasteiger partial charge >= 0.3 is 5.31 Å². The summed E-state index contributed by atoms with van der Waals surface area (Å²) in [6, 6.07) is 5.48. The standard InChI is InChI=1S/C17H16ClFN2O/c1-3-17(18,19)22-16-12(2)7-6-10-15(16)21-11-13-8-4-5-9-14(13)20-21/h1,6-7,10-11H,4-5,8-9H2,2H3. The molecule has 0 bridgehead atoms. The number of fused-ring (bicyclic) bond motifs is 1. The number of halogens is 2. The van der Waals surface area contributed by atoms with Gasteiger partial charge in [0.25, 0.3) is 0 Å². The Morgan fingerprint density at radius 3 is 2.91 bits per heavy atom. The summed E-state index contributed by atoms with van der Waals surface area (Å²) in [6.07, 6.45) is 11.3. The van der Waals surface area contributed by atoms with E-state index in [1.165, 1.54) is 12.0 Å². The molecule has 22 heavy (non-hydrogen) atoms. The number of aromatic nitrogens is 2. The lowest BCUT2D eigenvalue weighted by molar-refractivity contribution is 0.0774. The van der Waals surface area contributed by atoms with Gasteiger partial charge in [-0.05, 0) is 67.3 Å². The topological polar surface area (TPSA) is 27.1 Å². The molecule has 1 unspecified atom stereocenters. The van der Waals surface area contributed by atoms with Crippen LogP contribution in [0.15, 0.2) is 24.4 Å². The smallest absolute Gasteiger partial charge is 0.393 e. The Morgan fingerprint density at radius 1 is 1.41 bits per heavy atom. The predicted octanol–water partition coefficient (Wildman–Crippen LogP) is 3.93. The molecule has 0 radical (unpaired) electrons. The Morgan fingerprint density at radius 2 is 2.18 bits per heavy atom. The number of aryl methyl sites for hydroxylation is 3. The quantitative estimate of drug-likeness (QED) is 0.633. The number of rotatable bonds is 3. The van der Waals surface area contributed by atoms with E-state index >= 15 is 0 Å². The third-order valence-corrected chi connectivity index (χ3v) is 4.01. The van der Waals surface area contributed by atoms with Gasteiger partial charge in [-0.25, -0.2) is 4.68 Å². The molecule has 3 nitrogen and oxygen atoms in total. The molecule has 1 aromatic carbocycles. The highest BCUT2D eigenvalue weighted by molar-refractivity contribution is 6.23. The molecule has 0 saturated carbocycles. The van der Waals surface area contributed by atoms with Crippen LogP contribution in [0, 0.1) is 19.3 Å². The Balaban J connectivity index is 2.06. The summed E-state index contributed by atoms with van der Waals surface area (Å²) in [4.78, 5) is 0. The minimum atomic E-state index is -2.67. The summed E-state index contributed by atoms with van der Waals surface area (Å²) in [6.45, 7) is 1.81. The molecule has 0 saturated heterocycles. The molecule has 0 amide bonds. The van der Waals surface area contributed by atoms with Crippen LogP contribution in [0.1, 0.15) is 29.7 Å². The summed E-state index contributed by atoms with van der Waals surface area (Å²) in [5, 5.41) is 1.93. The molecule has 1 atom stereocenters. The number of alkyl halides is 2. The van der Waals surface area contributed by atoms with Crippen LogP contribution < -0.4 is 4.74 Å². The van der Waals surface area contributed by atoms with Gasteiger partial charge in [-0.2, -0.15) is 9.49 Å².